The van der Waals surface area contributed by atoms with Crippen LogP contribution in [0.5, 0.6) is 0 Å². The first-order chi connectivity index (χ1) is 12.3. The van der Waals surface area contributed by atoms with Crippen LogP contribution in [0.15, 0.2) is 67.7 Å². The zero-order valence-electron chi connectivity index (χ0n) is 13.8. The van der Waals surface area contributed by atoms with Crippen molar-refractivity contribution in [1.29, 1.82) is 0 Å². The number of hydrogen-bond acceptors (Lipinski definition) is 3. The van der Waals surface area contributed by atoms with Gasteiger partial charge in [-0.1, -0.05) is 30.9 Å². The minimum atomic E-state index is 0.873. The van der Waals surface area contributed by atoms with Gasteiger partial charge in [0, 0.05) is 17.0 Å². The zero-order valence-corrected chi connectivity index (χ0v) is 13.8. The molecule has 4 aromatic heterocycles. The van der Waals surface area contributed by atoms with E-state index in [2.05, 4.69) is 43.9 Å². The van der Waals surface area contributed by atoms with Crippen molar-refractivity contribution >= 4 is 27.4 Å². The van der Waals surface area contributed by atoms with Crippen LogP contribution in [-0.4, -0.2) is 25.1 Å². The number of pyridine rings is 2. The molecular weight excluding hydrogens is 310 g/mol. The van der Waals surface area contributed by atoms with Gasteiger partial charge in [-0.2, -0.15) is 5.10 Å². The second kappa shape index (κ2) is 6.20. The average Bonchev–Trinajstić information content (AvgIpc) is 3.25. The molecule has 0 amide bonds. The van der Waals surface area contributed by atoms with Crippen molar-refractivity contribution in [1.82, 2.24) is 25.1 Å². The molecule has 0 aliphatic carbocycles. The van der Waals surface area contributed by atoms with Crippen LogP contribution in [0.25, 0.3) is 38.8 Å². The number of hydrogen-bond donors (Lipinski definition) is 2. The zero-order chi connectivity index (χ0) is 17.2. The van der Waals surface area contributed by atoms with Crippen LogP contribution in [0.1, 0.15) is 12.6 Å². The van der Waals surface area contributed by atoms with Crippen LogP contribution in [-0.2, 0) is 0 Å². The predicted molar refractivity (Wildman–Crippen MR) is 102 cm³/mol. The van der Waals surface area contributed by atoms with Crippen molar-refractivity contribution in [2.75, 3.05) is 0 Å². The summed E-state index contributed by atoms with van der Waals surface area (Å²) >= 11 is 0. The van der Waals surface area contributed by atoms with Gasteiger partial charge >= 0.3 is 0 Å². The van der Waals surface area contributed by atoms with E-state index in [4.69, 9.17) is 0 Å². The van der Waals surface area contributed by atoms with Gasteiger partial charge < -0.3 is 4.98 Å². The van der Waals surface area contributed by atoms with Crippen LogP contribution in [0.2, 0.25) is 0 Å². The highest BCUT2D eigenvalue weighted by atomic mass is 15.1. The van der Waals surface area contributed by atoms with Crippen molar-refractivity contribution in [3.8, 4) is 11.4 Å². The van der Waals surface area contributed by atoms with E-state index in [1.807, 2.05) is 43.6 Å². The molecule has 0 saturated carbocycles. The molecule has 122 valence electrons. The van der Waals surface area contributed by atoms with Gasteiger partial charge in [0.25, 0.3) is 0 Å². The Hall–Kier alpha value is -3.47. The Labute approximate surface area is 144 Å². The summed E-state index contributed by atoms with van der Waals surface area (Å²) in [5, 5.41) is 9.67. The van der Waals surface area contributed by atoms with Gasteiger partial charge in [0.1, 0.15) is 5.69 Å². The third kappa shape index (κ3) is 2.65. The molecule has 4 heterocycles. The number of fused-ring (bicyclic) bond motifs is 2. The lowest BCUT2D eigenvalue weighted by atomic mass is 10.1. The molecule has 0 spiro atoms. The SMILES string of the molecule is C=C/C=C\C(=C/C)c1cc2c(-c3cc4ccncc4[nH]3)n[nH]c2cn1. The fourth-order valence-electron chi connectivity index (χ4n) is 2.88. The highest BCUT2D eigenvalue weighted by molar-refractivity contribution is 5.96. The summed E-state index contributed by atoms with van der Waals surface area (Å²) in [6, 6.07) is 6.12. The molecule has 4 rings (SSSR count). The molecule has 0 fully saturated rings. The molecule has 0 atom stereocenters. The maximum absolute atomic E-state index is 4.54. The molecule has 4 aromatic rings. The Morgan fingerprint density at radius 2 is 2.12 bits per heavy atom. The highest BCUT2D eigenvalue weighted by Crippen LogP contribution is 2.29. The second-order valence-corrected chi connectivity index (χ2v) is 5.67. The summed E-state index contributed by atoms with van der Waals surface area (Å²) in [5.74, 6) is 0. The minimum absolute atomic E-state index is 0.873. The summed E-state index contributed by atoms with van der Waals surface area (Å²) in [6.45, 7) is 5.71. The Balaban J connectivity index is 1.86. The molecule has 0 unspecified atom stereocenters. The number of H-pyrrole nitrogens is 2. The summed E-state index contributed by atoms with van der Waals surface area (Å²) in [7, 11) is 0. The second-order valence-electron chi connectivity index (χ2n) is 5.67. The lowest BCUT2D eigenvalue weighted by Crippen LogP contribution is -1.87. The molecule has 0 saturated heterocycles. The van der Waals surface area contributed by atoms with Crippen LogP contribution >= 0.6 is 0 Å². The highest BCUT2D eigenvalue weighted by Gasteiger charge is 2.12. The first-order valence-electron chi connectivity index (χ1n) is 8.03. The fraction of sp³-hybridized carbons (Fsp3) is 0.0500. The van der Waals surface area contributed by atoms with Crippen LogP contribution in [0.3, 0.4) is 0 Å². The maximum Gasteiger partial charge on any atom is 0.116 e. The van der Waals surface area contributed by atoms with Crippen molar-refractivity contribution in [3.05, 3.63) is 73.4 Å². The van der Waals surface area contributed by atoms with Gasteiger partial charge in [-0.25, -0.2) is 0 Å². The smallest absolute Gasteiger partial charge is 0.116 e. The molecule has 0 radical (unpaired) electrons. The van der Waals surface area contributed by atoms with Gasteiger partial charge in [0.15, 0.2) is 0 Å². The molecule has 0 bridgehead atoms. The van der Waals surface area contributed by atoms with E-state index in [9.17, 15) is 0 Å². The van der Waals surface area contributed by atoms with E-state index >= 15 is 0 Å². The molecule has 2 N–H and O–H groups in total. The van der Waals surface area contributed by atoms with Gasteiger partial charge in [0.2, 0.25) is 0 Å². The lowest BCUT2D eigenvalue weighted by Gasteiger charge is -2.02. The molecule has 25 heavy (non-hydrogen) atoms. The lowest BCUT2D eigenvalue weighted by molar-refractivity contribution is 1.11. The first-order valence-corrected chi connectivity index (χ1v) is 8.03. The Morgan fingerprint density at radius 3 is 2.92 bits per heavy atom. The Morgan fingerprint density at radius 1 is 1.20 bits per heavy atom. The minimum Gasteiger partial charge on any atom is -0.352 e. The number of allylic oxidation sites excluding steroid dienone is 5. The van der Waals surface area contributed by atoms with E-state index in [-0.39, 0.29) is 0 Å². The average molecular weight is 327 g/mol. The van der Waals surface area contributed by atoms with E-state index in [0.29, 0.717) is 0 Å². The third-order valence-corrected chi connectivity index (χ3v) is 4.14. The van der Waals surface area contributed by atoms with Gasteiger partial charge in [-0.05, 0) is 30.7 Å². The van der Waals surface area contributed by atoms with E-state index in [1.165, 1.54) is 0 Å². The van der Waals surface area contributed by atoms with E-state index < -0.39 is 0 Å². The standard InChI is InChI=1S/C20H17N5/c1-3-5-6-13(4-2)16-10-15-19(12-22-16)24-25-20(15)17-9-14-7-8-21-11-18(14)23-17/h3-12,23H,1H2,2H3,(H,24,25)/b6-5-,13-4+. The molecule has 0 aliphatic rings. The third-order valence-electron chi connectivity index (χ3n) is 4.14. The van der Waals surface area contributed by atoms with E-state index in [1.54, 1.807) is 12.3 Å². The number of nitrogens with zero attached hydrogens (tertiary/aromatic N) is 3. The monoisotopic (exact) mass is 327 g/mol. The summed E-state index contributed by atoms with van der Waals surface area (Å²) in [4.78, 5) is 12.1. The van der Waals surface area contributed by atoms with E-state index in [0.717, 1.165) is 44.5 Å². The summed E-state index contributed by atoms with van der Waals surface area (Å²) < 4.78 is 0. The predicted octanol–water partition coefficient (Wildman–Crippen LogP) is 4.65. The summed E-state index contributed by atoms with van der Waals surface area (Å²) in [5.41, 5.74) is 5.65. The number of rotatable bonds is 4. The van der Waals surface area contributed by atoms with Gasteiger partial charge in [-0.3, -0.25) is 15.1 Å². The number of nitrogens with one attached hydrogen (secondary N) is 2. The fourth-order valence-corrected chi connectivity index (χ4v) is 2.88. The Kier molecular flexibility index (Phi) is 3.74. The van der Waals surface area contributed by atoms with Crippen LogP contribution < -0.4 is 0 Å². The molecule has 0 aromatic carbocycles. The number of aromatic amines is 2. The van der Waals surface area contributed by atoms with Crippen LogP contribution in [0.4, 0.5) is 0 Å². The molecular formula is C20H17N5. The summed E-state index contributed by atoms with van der Waals surface area (Å²) in [6.07, 6.45) is 13.1. The van der Waals surface area contributed by atoms with Crippen molar-refractivity contribution in [2.24, 2.45) is 0 Å². The molecule has 5 nitrogen and oxygen atoms in total. The normalized spacial score (nSPS) is 12.4. The Bertz CT molecular complexity index is 1090. The first kappa shape index (κ1) is 15.1. The van der Waals surface area contributed by atoms with Crippen LogP contribution in [0, 0.1) is 0 Å². The molecule has 5 heteroatoms. The van der Waals surface area contributed by atoms with Crippen molar-refractivity contribution < 1.29 is 0 Å². The van der Waals surface area contributed by atoms with Gasteiger partial charge in [-0.15, -0.1) is 0 Å². The quantitative estimate of drug-likeness (QED) is 0.536. The largest absolute Gasteiger partial charge is 0.352 e. The maximum atomic E-state index is 4.54. The molecule has 0 aliphatic heterocycles. The number of aromatic nitrogens is 5. The van der Waals surface area contributed by atoms with Crippen molar-refractivity contribution in [2.45, 2.75) is 6.92 Å². The van der Waals surface area contributed by atoms with Gasteiger partial charge in [0.05, 0.1) is 34.8 Å². The van der Waals surface area contributed by atoms with Crippen molar-refractivity contribution in [3.63, 3.8) is 0 Å². The topological polar surface area (TPSA) is 70.2 Å².